The van der Waals surface area contributed by atoms with Gasteiger partial charge in [0.1, 0.15) is 30.0 Å². The van der Waals surface area contributed by atoms with Crippen LogP contribution in [0, 0.1) is 17.8 Å². The average molecular weight is 775 g/mol. The summed E-state index contributed by atoms with van der Waals surface area (Å²) in [4.78, 5) is 18.2. The smallest absolute Gasteiger partial charge is 0.311 e. The third kappa shape index (κ3) is 10.6. The molecule has 316 valence electrons. The van der Waals surface area contributed by atoms with Gasteiger partial charge < -0.3 is 58.9 Å². The van der Waals surface area contributed by atoms with Gasteiger partial charge in [-0.05, 0) is 87.7 Å². The lowest BCUT2D eigenvalue weighted by Crippen LogP contribution is -2.60. The summed E-state index contributed by atoms with van der Waals surface area (Å²) < 4.78 is 37.7. The molecular formula is C40H74N2O12. The second-order valence-corrected chi connectivity index (χ2v) is 17.5. The number of nitrogens with zero attached hydrogens (tertiary/aromatic N) is 2. The number of hydrogen-bond donors (Lipinski definition) is 5. The summed E-state index contributed by atoms with van der Waals surface area (Å²) in [6.07, 6.45) is -6.69. The summed E-state index contributed by atoms with van der Waals surface area (Å²) in [5.41, 5.74) is -4.45. The van der Waals surface area contributed by atoms with E-state index in [-0.39, 0.29) is 37.3 Å². The second-order valence-electron chi connectivity index (χ2n) is 17.5. The molecule has 0 aromatic heterocycles. The Balaban J connectivity index is 2.21. The number of aliphatic hydroxyl groups is 5. The predicted octanol–water partition coefficient (Wildman–Crippen LogP) is 2.46. The van der Waals surface area contributed by atoms with Crippen LogP contribution < -0.4 is 0 Å². The molecule has 3 heterocycles. The molecule has 15 unspecified atom stereocenters. The molecule has 5 N–H and O–H groups in total. The Kier molecular flexibility index (Phi) is 16.6. The normalized spacial score (nSPS) is 48.1. The van der Waals surface area contributed by atoms with Crippen molar-refractivity contribution >= 4 is 5.97 Å². The van der Waals surface area contributed by atoms with Crippen LogP contribution in [-0.2, 0) is 33.2 Å². The number of rotatable bonds is 9. The first-order valence-electron chi connectivity index (χ1n) is 19.8. The van der Waals surface area contributed by atoms with Gasteiger partial charge in [0.05, 0.1) is 41.5 Å². The number of carbonyl (C=O) groups is 1. The fourth-order valence-electron chi connectivity index (χ4n) is 9.01. The number of likely N-dealkylation sites (N-methyl/N-ethyl adjacent to an activating group) is 1. The Morgan fingerprint density at radius 2 is 1.61 bits per heavy atom. The number of hydrogen-bond acceptors (Lipinski definition) is 14. The van der Waals surface area contributed by atoms with Crippen molar-refractivity contribution in [3.8, 4) is 0 Å². The third-order valence-corrected chi connectivity index (χ3v) is 12.4. The van der Waals surface area contributed by atoms with Gasteiger partial charge in [-0.1, -0.05) is 26.8 Å². The van der Waals surface area contributed by atoms with Crippen LogP contribution in [-0.4, -0.2) is 166 Å². The Morgan fingerprint density at radius 1 is 0.981 bits per heavy atom. The number of aliphatic hydroxyl groups excluding tert-OH is 3. The molecule has 0 aromatic carbocycles. The van der Waals surface area contributed by atoms with Crippen LogP contribution >= 0.6 is 0 Å². The molecule has 0 bridgehead atoms. The van der Waals surface area contributed by atoms with Crippen LogP contribution in [0.4, 0.5) is 0 Å². The van der Waals surface area contributed by atoms with Crippen molar-refractivity contribution in [3.63, 3.8) is 0 Å². The number of esters is 1. The van der Waals surface area contributed by atoms with Gasteiger partial charge in [0.15, 0.2) is 12.6 Å². The minimum Gasteiger partial charge on any atom is -0.459 e. The molecule has 3 saturated heterocycles. The van der Waals surface area contributed by atoms with Crippen molar-refractivity contribution < 1.29 is 58.7 Å². The van der Waals surface area contributed by atoms with Gasteiger partial charge in [0, 0.05) is 44.6 Å². The highest BCUT2D eigenvalue weighted by Crippen LogP contribution is 2.40. The monoisotopic (exact) mass is 775 g/mol. The average Bonchev–Trinajstić information content (AvgIpc) is 3.09. The summed E-state index contributed by atoms with van der Waals surface area (Å²) in [5, 5.41) is 58.7. The SMILES string of the molecule is C=CCN1C[C@H](C)CC(C)(O)C(OC2OC(C)CC(N(C)C)C2O)C(C)C(OC2CC(C)(OC)C(O)C(C)O2)C(C)C(=O)OC(CC)[C@@](C)(O)C(O)[C@H]1C. The summed E-state index contributed by atoms with van der Waals surface area (Å²) in [5.74, 6) is -2.67. The van der Waals surface area contributed by atoms with E-state index in [4.69, 9.17) is 28.4 Å². The van der Waals surface area contributed by atoms with E-state index in [0.29, 0.717) is 19.5 Å². The van der Waals surface area contributed by atoms with Crippen molar-refractivity contribution in [1.29, 1.82) is 0 Å². The number of ether oxygens (including phenoxy) is 6. The molecule has 18 atom stereocenters. The van der Waals surface area contributed by atoms with Crippen LogP contribution in [0.5, 0.6) is 0 Å². The number of methoxy groups -OCH3 is 1. The van der Waals surface area contributed by atoms with Gasteiger partial charge in [-0.25, -0.2) is 0 Å². The summed E-state index contributed by atoms with van der Waals surface area (Å²) in [7, 11) is 5.27. The molecule has 3 aliphatic heterocycles. The zero-order chi connectivity index (χ0) is 41.1. The van der Waals surface area contributed by atoms with E-state index in [1.54, 1.807) is 47.6 Å². The zero-order valence-electron chi connectivity index (χ0n) is 35.2. The first kappa shape index (κ1) is 47.1. The summed E-state index contributed by atoms with van der Waals surface area (Å²) in [6.45, 7) is 22.3. The fraction of sp³-hybridized carbons (Fsp3) is 0.925. The number of cyclic esters (lactones) is 1. The van der Waals surface area contributed by atoms with Gasteiger partial charge in [-0.2, -0.15) is 0 Å². The van der Waals surface area contributed by atoms with E-state index in [1.807, 2.05) is 44.7 Å². The molecule has 0 amide bonds. The first-order chi connectivity index (χ1) is 24.9. The lowest BCUT2D eigenvalue weighted by Gasteiger charge is -2.48. The Morgan fingerprint density at radius 3 is 2.17 bits per heavy atom. The Hall–Kier alpha value is -1.27. The van der Waals surface area contributed by atoms with Crippen LogP contribution in [0.15, 0.2) is 12.7 Å². The van der Waals surface area contributed by atoms with Crippen molar-refractivity contribution in [3.05, 3.63) is 12.7 Å². The Bertz CT molecular complexity index is 1210. The van der Waals surface area contributed by atoms with Crippen LogP contribution in [0.2, 0.25) is 0 Å². The maximum atomic E-state index is 14.3. The standard InChI is InChI=1S/C40H74N2O12/c1-15-17-42-21-22(3)19-38(9,47)35(54-37-31(43)28(41(12)13)18-23(4)50-37)24(5)32(53-30-20-39(10,49-14)34(45)27(8)51-30)25(6)36(46)52-29(16-2)40(11,48)33(44)26(42)7/h15,22-35,37,43-45,47-48H,1,16-21H2,2-14H3/t22-,23?,24?,25?,26-,27?,28?,29?,30?,31?,32?,33?,34?,35?,37?,38?,39?,40-/m1/s1. The van der Waals surface area contributed by atoms with Gasteiger partial charge in [-0.15, -0.1) is 6.58 Å². The minimum atomic E-state index is -1.84. The van der Waals surface area contributed by atoms with E-state index in [1.165, 1.54) is 14.0 Å². The highest BCUT2D eigenvalue weighted by atomic mass is 16.7. The second kappa shape index (κ2) is 19.0. The van der Waals surface area contributed by atoms with Crippen LogP contribution in [0.1, 0.15) is 94.9 Å². The highest BCUT2D eigenvalue weighted by Gasteiger charge is 2.52. The largest absolute Gasteiger partial charge is 0.459 e. The van der Waals surface area contributed by atoms with E-state index in [0.717, 1.165) is 0 Å². The van der Waals surface area contributed by atoms with Crippen molar-refractivity contribution in [2.45, 2.75) is 185 Å². The summed E-state index contributed by atoms with van der Waals surface area (Å²) in [6, 6.07) is -0.871. The molecule has 0 aliphatic carbocycles. The molecule has 54 heavy (non-hydrogen) atoms. The first-order valence-corrected chi connectivity index (χ1v) is 19.8. The topological polar surface area (TPSA) is 180 Å². The zero-order valence-corrected chi connectivity index (χ0v) is 35.2. The quantitative estimate of drug-likeness (QED) is 0.170. The number of carbonyl (C=O) groups excluding carboxylic acids is 1. The maximum absolute atomic E-state index is 14.3. The lowest BCUT2D eigenvalue weighted by atomic mass is 9.77. The van der Waals surface area contributed by atoms with Crippen LogP contribution in [0.3, 0.4) is 0 Å². The summed E-state index contributed by atoms with van der Waals surface area (Å²) >= 11 is 0. The van der Waals surface area contributed by atoms with E-state index >= 15 is 0 Å². The van der Waals surface area contributed by atoms with Crippen molar-refractivity contribution in [2.24, 2.45) is 17.8 Å². The van der Waals surface area contributed by atoms with Crippen molar-refractivity contribution in [1.82, 2.24) is 9.80 Å². The van der Waals surface area contributed by atoms with Gasteiger partial charge in [0.25, 0.3) is 0 Å². The molecule has 0 aromatic rings. The molecule has 14 heteroatoms. The molecular weight excluding hydrogens is 700 g/mol. The molecule has 3 rings (SSSR count). The Labute approximate surface area is 324 Å². The maximum Gasteiger partial charge on any atom is 0.311 e. The molecule has 0 saturated carbocycles. The lowest BCUT2D eigenvalue weighted by molar-refractivity contribution is -0.318. The molecule has 3 aliphatic rings. The predicted molar refractivity (Wildman–Crippen MR) is 203 cm³/mol. The van der Waals surface area contributed by atoms with E-state index in [9.17, 15) is 30.3 Å². The molecule has 0 radical (unpaired) electrons. The third-order valence-electron chi connectivity index (χ3n) is 12.4. The van der Waals surface area contributed by atoms with Crippen LogP contribution in [0.25, 0.3) is 0 Å². The van der Waals surface area contributed by atoms with Crippen molar-refractivity contribution in [2.75, 3.05) is 34.3 Å². The highest BCUT2D eigenvalue weighted by molar-refractivity contribution is 5.73. The molecule has 14 nitrogen and oxygen atoms in total. The van der Waals surface area contributed by atoms with Gasteiger partial charge in [-0.3, -0.25) is 9.69 Å². The van der Waals surface area contributed by atoms with Gasteiger partial charge >= 0.3 is 5.97 Å². The fourth-order valence-corrected chi connectivity index (χ4v) is 9.01. The van der Waals surface area contributed by atoms with Gasteiger partial charge in [0.2, 0.25) is 0 Å². The minimum absolute atomic E-state index is 0.126. The van der Waals surface area contributed by atoms with E-state index < -0.39 is 96.0 Å². The molecule has 3 fully saturated rings. The van der Waals surface area contributed by atoms with E-state index in [2.05, 4.69) is 6.58 Å². The molecule has 0 spiro atoms.